The van der Waals surface area contributed by atoms with Gasteiger partial charge in [-0.1, -0.05) is 20.8 Å². The van der Waals surface area contributed by atoms with Gasteiger partial charge in [-0.05, 0) is 31.3 Å². The smallest absolute Gasteiger partial charge is 0.191 e. The van der Waals surface area contributed by atoms with Crippen LogP contribution < -0.4 is 10.6 Å². The highest BCUT2D eigenvalue weighted by atomic mass is 127. The van der Waals surface area contributed by atoms with E-state index in [1.807, 2.05) is 11.8 Å². The summed E-state index contributed by atoms with van der Waals surface area (Å²) in [5, 5.41) is 15.0. The van der Waals surface area contributed by atoms with Gasteiger partial charge in [0.15, 0.2) is 5.96 Å². The van der Waals surface area contributed by atoms with Crippen molar-refractivity contribution in [2.45, 2.75) is 53.1 Å². The minimum atomic E-state index is 0. The van der Waals surface area contributed by atoms with Gasteiger partial charge in [0, 0.05) is 32.1 Å². The molecule has 1 aromatic rings. The first-order valence-corrected chi connectivity index (χ1v) is 9.88. The molecule has 0 aliphatic heterocycles. The van der Waals surface area contributed by atoms with Crippen LogP contribution in [0.4, 0.5) is 0 Å². The van der Waals surface area contributed by atoms with E-state index in [-0.39, 0.29) is 24.0 Å². The van der Waals surface area contributed by atoms with Gasteiger partial charge in [-0.3, -0.25) is 4.99 Å². The van der Waals surface area contributed by atoms with E-state index in [4.69, 9.17) is 0 Å². The number of guanidine groups is 1. The van der Waals surface area contributed by atoms with E-state index in [0.29, 0.717) is 12.0 Å². The van der Waals surface area contributed by atoms with Gasteiger partial charge < -0.3 is 15.2 Å². The number of halogens is 1. The molecule has 0 radical (unpaired) electrons. The second kappa shape index (κ2) is 13.7. The topological polar surface area (TPSA) is 67.1 Å². The van der Waals surface area contributed by atoms with E-state index in [9.17, 15) is 0 Å². The van der Waals surface area contributed by atoms with Crippen LogP contribution in [0.1, 0.15) is 39.9 Å². The van der Waals surface area contributed by atoms with Crippen molar-refractivity contribution in [1.82, 2.24) is 25.4 Å². The van der Waals surface area contributed by atoms with Crippen LogP contribution in [0.5, 0.6) is 0 Å². The summed E-state index contributed by atoms with van der Waals surface area (Å²) in [5.41, 5.74) is 0. The molecular formula is C16H33IN6S. The van der Waals surface area contributed by atoms with Crippen molar-refractivity contribution in [1.29, 1.82) is 0 Å². The predicted octanol–water partition coefficient (Wildman–Crippen LogP) is 2.79. The molecule has 6 nitrogen and oxygen atoms in total. The lowest BCUT2D eigenvalue weighted by molar-refractivity contribution is 0.479. The first-order chi connectivity index (χ1) is 11.1. The Bertz CT molecular complexity index is 463. The third-order valence-corrected chi connectivity index (χ3v) is 4.49. The average Bonchev–Trinajstić information content (AvgIpc) is 2.98. The third-order valence-electron chi connectivity index (χ3n) is 3.80. The van der Waals surface area contributed by atoms with Crippen molar-refractivity contribution in [3.63, 3.8) is 0 Å². The summed E-state index contributed by atoms with van der Waals surface area (Å²) in [4.78, 5) is 4.69. The summed E-state index contributed by atoms with van der Waals surface area (Å²) in [7, 11) is 0. The SMILES string of the molecule is CCc1nncn1CCNC(=NCCCSC)NC(C)C(C)C.I. The monoisotopic (exact) mass is 468 g/mol. The van der Waals surface area contributed by atoms with Gasteiger partial charge in [0.05, 0.1) is 0 Å². The zero-order valence-corrected chi connectivity index (χ0v) is 18.7. The van der Waals surface area contributed by atoms with Gasteiger partial charge >= 0.3 is 0 Å². The number of nitrogens with zero attached hydrogens (tertiary/aromatic N) is 4. The van der Waals surface area contributed by atoms with Gasteiger partial charge in [0.2, 0.25) is 0 Å². The highest BCUT2D eigenvalue weighted by Crippen LogP contribution is 2.00. The second-order valence-corrected chi connectivity index (χ2v) is 6.96. The fourth-order valence-electron chi connectivity index (χ4n) is 1.97. The molecule has 0 amide bonds. The number of nitrogens with one attached hydrogen (secondary N) is 2. The zero-order valence-electron chi connectivity index (χ0n) is 15.6. The van der Waals surface area contributed by atoms with Gasteiger partial charge in [0.1, 0.15) is 12.2 Å². The van der Waals surface area contributed by atoms with Crippen molar-refractivity contribution >= 4 is 41.7 Å². The molecule has 0 spiro atoms. The average molecular weight is 468 g/mol. The summed E-state index contributed by atoms with van der Waals surface area (Å²) in [6.07, 6.45) is 5.93. The van der Waals surface area contributed by atoms with Crippen LogP contribution in [0.25, 0.3) is 0 Å². The van der Waals surface area contributed by atoms with E-state index in [0.717, 1.165) is 50.0 Å². The molecular weight excluding hydrogens is 435 g/mol. The van der Waals surface area contributed by atoms with E-state index < -0.39 is 0 Å². The minimum absolute atomic E-state index is 0. The quantitative estimate of drug-likeness (QED) is 0.239. The molecule has 0 aliphatic rings. The zero-order chi connectivity index (χ0) is 17.1. The number of aliphatic imine (C=N–C) groups is 1. The maximum atomic E-state index is 4.69. The number of rotatable bonds is 10. The Kier molecular flexibility index (Phi) is 13.5. The highest BCUT2D eigenvalue weighted by molar-refractivity contribution is 14.0. The standard InChI is InChI=1S/C16H32N6S.HI/c1-6-15-21-19-12-22(15)10-9-18-16(17-8-7-11-23-5)20-14(4)13(2)3;/h12-14H,6-11H2,1-5H3,(H2,17,18,20);1H. The van der Waals surface area contributed by atoms with Crippen LogP contribution >= 0.6 is 35.7 Å². The van der Waals surface area contributed by atoms with E-state index in [1.165, 1.54) is 0 Å². The van der Waals surface area contributed by atoms with Crippen LogP contribution in [0, 0.1) is 5.92 Å². The van der Waals surface area contributed by atoms with Crippen molar-refractivity contribution in [3.8, 4) is 0 Å². The maximum absolute atomic E-state index is 4.69. The molecule has 0 fully saturated rings. The van der Waals surface area contributed by atoms with Crippen molar-refractivity contribution < 1.29 is 0 Å². The highest BCUT2D eigenvalue weighted by Gasteiger charge is 2.09. The molecule has 1 aromatic heterocycles. The van der Waals surface area contributed by atoms with Crippen LogP contribution in [0.3, 0.4) is 0 Å². The molecule has 140 valence electrons. The molecule has 1 rings (SSSR count). The minimum Gasteiger partial charge on any atom is -0.355 e. The Morgan fingerprint density at radius 1 is 1.38 bits per heavy atom. The van der Waals surface area contributed by atoms with Crippen LogP contribution in [-0.2, 0) is 13.0 Å². The van der Waals surface area contributed by atoms with Crippen molar-refractivity contribution in [2.75, 3.05) is 25.1 Å². The lowest BCUT2D eigenvalue weighted by atomic mass is 10.1. The second-order valence-electron chi connectivity index (χ2n) is 5.97. The van der Waals surface area contributed by atoms with Crippen molar-refractivity contribution in [2.24, 2.45) is 10.9 Å². The fourth-order valence-corrected chi connectivity index (χ4v) is 2.39. The predicted molar refractivity (Wildman–Crippen MR) is 116 cm³/mol. The third kappa shape index (κ3) is 9.10. The Morgan fingerprint density at radius 3 is 2.75 bits per heavy atom. The van der Waals surface area contributed by atoms with Gasteiger partial charge in [-0.15, -0.1) is 34.2 Å². The van der Waals surface area contributed by atoms with Gasteiger partial charge in [-0.25, -0.2) is 0 Å². The fraction of sp³-hybridized carbons (Fsp3) is 0.812. The van der Waals surface area contributed by atoms with Crippen LogP contribution in [0.15, 0.2) is 11.3 Å². The van der Waals surface area contributed by atoms with Gasteiger partial charge in [0.25, 0.3) is 0 Å². The van der Waals surface area contributed by atoms with Crippen LogP contribution in [0.2, 0.25) is 0 Å². The Labute approximate surface area is 168 Å². The number of hydrogen-bond donors (Lipinski definition) is 2. The normalized spacial score (nSPS) is 12.8. The summed E-state index contributed by atoms with van der Waals surface area (Å²) >= 11 is 1.86. The first-order valence-electron chi connectivity index (χ1n) is 8.48. The maximum Gasteiger partial charge on any atom is 0.191 e. The summed E-state index contributed by atoms with van der Waals surface area (Å²) in [5.74, 6) is 3.64. The van der Waals surface area contributed by atoms with Crippen molar-refractivity contribution in [3.05, 3.63) is 12.2 Å². The van der Waals surface area contributed by atoms with E-state index in [1.54, 1.807) is 6.33 Å². The Morgan fingerprint density at radius 2 is 2.12 bits per heavy atom. The molecule has 2 N–H and O–H groups in total. The number of aromatic nitrogens is 3. The molecule has 1 heterocycles. The summed E-state index contributed by atoms with van der Waals surface area (Å²) < 4.78 is 2.09. The van der Waals surface area contributed by atoms with E-state index in [2.05, 4.69) is 64.3 Å². The Hall–Kier alpha value is -0.510. The molecule has 0 saturated carbocycles. The molecule has 0 aliphatic carbocycles. The molecule has 24 heavy (non-hydrogen) atoms. The van der Waals surface area contributed by atoms with E-state index >= 15 is 0 Å². The lowest BCUT2D eigenvalue weighted by Gasteiger charge is -2.21. The summed E-state index contributed by atoms with van der Waals surface area (Å²) in [6.45, 7) is 11.2. The number of hydrogen-bond acceptors (Lipinski definition) is 4. The lowest BCUT2D eigenvalue weighted by Crippen LogP contribution is -2.45. The van der Waals surface area contributed by atoms with Gasteiger partial charge in [-0.2, -0.15) is 11.8 Å². The number of thioether (sulfide) groups is 1. The molecule has 1 atom stereocenters. The molecule has 8 heteroatoms. The largest absolute Gasteiger partial charge is 0.355 e. The Balaban J connectivity index is 0.00000529. The molecule has 0 bridgehead atoms. The van der Waals surface area contributed by atoms with Crippen LogP contribution in [-0.4, -0.2) is 51.9 Å². The molecule has 0 aromatic carbocycles. The summed E-state index contributed by atoms with van der Waals surface area (Å²) in [6, 6.07) is 0.392. The molecule has 0 saturated heterocycles. The first kappa shape index (κ1) is 23.5. The molecule has 1 unspecified atom stereocenters. The number of aryl methyl sites for hydroxylation is 1.